The van der Waals surface area contributed by atoms with E-state index in [2.05, 4.69) is 43.5 Å². The van der Waals surface area contributed by atoms with Crippen LogP contribution in [0, 0.1) is 13.8 Å². The van der Waals surface area contributed by atoms with Crippen molar-refractivity contribution in [3.8, 4) is 0 Å². The maximum absolute atomic E-state index is 5.81. The van der Waals surface area contributed by atoms with Crippen LogP contribution in [-0.4, -0.2) is 30.8 Å². The first-order chi connectivity index (χ1) is 10.2. The zero-order chi connectivity index (χ0) is 14.8. The van der Waals surface area contributed by atoms with E-state index in [0.717, 1.165) is 30.7 Å². The molecule has 0 aliphatic carbocycles. The monoisotopic (exact) mass is 282 g/mol. The fraction of sp³-hybridized carbons (Fsp3) is 0.389. The Morgan fingerprint density at radius 1 is 1.38 bits per heavy atom. The van der Waals surface area contributed by atoms with Crippen LogP contribution in [-0.2, 0) is 4.74 Å². The third kappa shape index (κ3) is 2.66. The van der Waals surface area contributed by atoms with Crippen molar-refractivity contribution in [2.24, 2.45) is 0 Å². The molecule has 0 spiro atoms. The summed E-state index contributed by atoms with van der Waals surface area (Å²) < 4.78 is 5.81. The number of nitrogens with zero attached hydrogens (tertiary/aromatic N) is 2. The lowest BCUT2D eigenvalue weighted by Gasteiger charge is -2.24. The smallest absolute Gasteiger partial charge is 0.0771 e. The Bertz CT molecular complexity index is 666. The van der Waals surface area contributed by atoms with Crippen molar-refractivity contribution in [1.29, 1.82) is 0 Å². The van der Waals surface area contributed by atoms with Gasteiger partial charge in [-0.05, 0) is 31.9 Å². The van der Waals surface area contributed by atoms with Gasteiger partial charge in [-0.1, -0.05) is 24.3 Å². The van der Waals surface area contributed by atoms with Crippen molar-refractivity contribution in [2.75, 3.05) is 24.6 Å². The molecule has 1 aromatic heterocycles. The second kappa shape index (κ2) is 5.86. The normalized spacial score (nSPS) is 18.4. The molecule has 3 nitrogen and oxygen atoms in total. The van der Waals surface area contributed by atoms with Gasteiger partial charge in [-0.25, -0.2) is 0 Å². The van der Waals surface area contributed by atoms with Crippen molar-refractivity contribution >= 4 is 16.6 Å². The van der Waals surface area contributed by atoms with Gasteiger partial charge >= 0.3 is 0 Å². The van der Waals surface area contributed by atoms with E-state index in [1.807, 2.05) is 12.1 Å². The number of rotatable bonds is 4. The van der Waals surface area contributed by atoms with Gasteiger partial charge in [0.25, 0.3) is 0 Å². The molecule has 2 aromatic rings. The Morgan fingerprint density at radius 3 is 3.00 bits per heavy atom. The van der Waals surface area contributed by atoms with Gasteiger partial charge in [0.2, 0.25) is 0 Å². The molecule has 1 aliphatic heterocycles. The number of para-hydroxylation sites is 1. The van der Waals surface area contributed by atoms with E-state index >= 15 is 0 Å². The van der Waals surface area contributed by atoms with Crippen LogP contribution in [0.5, 0.6) is 0 Å². The highest BCUT2D eigenvalue weighted by atomic mass is 16.5. The van der Waals surface area contributed by atoms with E-state index in [4.69, 9.17) is 9.72 Å². The Labute approximate surface area is 126 Å². The highest BCUT2D eigenvalue weighted by molar-refractivity contribution is 5.94. The summed E-state index contributed by atoms with van der Waals surface area (Å²) in [6.45, 7) is 10.6. The lowest BCUT2D eigenvalue weighted by molar-refractivity contribution is 0.0909. The molecule has 1 unspecified atom stereocenters. The molecular formula is C18H22N2O. The van der Waals surface area contributed by atoms with Gasteiger partial charge in [-0.15, -0.1) is 6.58 Å². The van der Waals surface area contributed by atoms with Crippen molar-refractivity contribution in [2.45, 2.75) is 26.4 Å². The maximum Gasteiger partial charge on any atom is 0.0771 e. The summed E-state index contributed by atoms with van der Waals surface area (Å²) in [4.78, 5) is 7.15. The fourth-order valence-corrected chi connectivity index (χ4v) is 3.09. The van der Waals surface area contributed by atoms with E-state index in [9.17, 15) is 0 Å². The molecule has 21 heavy (non-hydrogen) atoms. The number of aromatic nitrogens is 1. The molecule has 3 heteroatoms. The van der Waals surface area contributed by atoms with Gasteiger partial charge in [0.05, 0.1) is 23.9 Å². The van der Waals surface area contributed by atoms with Crippen LogP contribution in [0.15, 0.2) is 36.9 Å². The lowest BCUT2D eigenvalue weighted by atomic mass is 10.1. The summed E-state index contributed by atoms with van der Waals surface area (Å²) in [5.41, 5.74) is 4.78. The van der Waals surface area contributed by atoms with E-state index in [-0.39, 0.29) is 0 Å². The minimum atomic E-state index is 0.301. The van der Waals surface area contributed by atoms with E-state index in [1.165, 1.54) is 16.6 Å². The largest absolute Gasteiger partial charge is 0.372 e. The van der Waals surface area contributed by atoms with Gasteiger partial charge < -0.3 is 9.64 Å². The number of hydrogen-bond acceptors (Lipinski definition) is 3. The molecule has 0 N–H and O–H groups in total. The summed E-state index contributed by atoms with van der Waals surface area (Å²) in [7, 11) is 0. The maximum atomic E-state index is 5.81. The first-order valence-electron chi connectivity index (χ1n) is 7.54. The average molecular weight is 282 g/mol. The molecule has 110 valence electrons. The highest BCUT2D eigenvalue weighted by Gasteiger charge is 2.26. The molecule has 1 atom stereocenters. The third-order valence-corrected chi connectivity index (χ3v) is 4.26. The van der Waals surface area contributed by atoms with Crippen molar-refractivity contribution < 1.29 is 4.74 Å². The zero-order valence-electron chi connectivity index (χ0n) is 12.8. The first kappa shape index (κ1) is 14.1. The Morgan fingerprint density at radius 2 is 2.19 bits per heavy atom. The highest BCUT2D eigenvalue weighted by Crippen LogP contribution is 2.33. The van der Waals surface area contributed by atoms with Gasteiger partial charge in [0.15, 0.2) is 0 Å². The molecule has 1 aliphatic rings. The number of ether oxygens (including phenoxy) is 1. The van der Waals surface area contributed by atoms with Crippen LogP contribution >= 0.6 is 0 Å². The number of benzene rings is 1. The number of fused-ring (bicyclic) bond motifs is 1. The molecule has 3 rings (SSSR count). The molecule has 0 saturated carbocycles. The van der Waals surface area contributed by atoms with Crippen LogP contribution in [0.2, 0.25) is 0 Å². The quantitative estimate of drug-likeness (QED) is 0.801. The Balaban J connectivity index is 1.97. The second-order valence-corrected chi connectivity index (χ2v) is 5.67. The average Bonchev–Trinajstić information content (AvgIpc) is 2.95. The number of pyridine rings is 1. The van der Waals surface area contributed by atoms with Crippen LogP contribution in [0.25, 0.3) is 10.9 Å². The van der Waals surface area contributed by atoms with Crippen LogP contribution in [0.1, 0.15) is 17.7 Å². The second-order valence-electron chi connectivity index (χ2n) is 5.67. The zero-order valence-corrected chi connectivity index (χ0v) is 12.8. The molecular weight excluding hydrogens is 260 g/mol. The SMILES string of the molecule is C=CCOC1CCN(c2c(C)c(C)nc3ccccc23)C1. The summed E-state index contributed by atoms with van der Waals surface area (Å²) in [5, 5.41) is 1.24. The van der Waals surface area contributed by atoms with E-state index in [0.29, 0.717) is 12.7 Å². The van der Waals surface area contributed by atoms with Gasteiger partial charge in [0, 0.05) is 24.2 Å². The molecule has 0 amide bonds. The fourth-order valence-electron chi connectivity index (χ4n) is 3.09. The molecule has 1 fully saturated rings. The standard InChI is InChI=1S/C18H22N2O/c1-4-11-21-15-9-10-20(12-15)18-13(2)14(3)19-17-8-6-5-7-16(17)18/h4-8,15H,1,9-12H2,2-3H3. The number of hydrogen-bond donors (Lipinski definition) is 0. The molecule has 1 aromatic carbocycles. The molecule has 0 bridgehead atoms. The van der Waals surface area contributed by atoms with E-state index in [1.54, 1.807) is 0 Å². The minimum absolute atomic E-state index is 0.301. The van der Waals surface area contributed by atoms with E-state index < -0.39 is 0 Å². The Hall–Kier alpha value is -1.87. The first-order valence-corrected chi connectivity index (χ1v) is 7.54. The van der Waals surface area contributed by atoms with Crippen molar-refractivity contribution in [3.63, 3.8) is 0 Å². The molecule has 1 saturated heterocycles. The van der Waals surface area contributed by atoms with Crippen molar-refractivity contribution in [3.05, 3.63) is 48.2 Å². The third-order valence-electron chi connectivity index (χ3n) is 4.26. The number of aryl methyl sites for hydroxylation is 1. The topological polar surface area (TPSA) is 25.4 Å². The molecule has 0 radical (unpaired) electrons. The van der Waals surface area contributed by atoms with Crippen molar-refractivity contribution in [1.82, 2.24) is 4.98 Å². The minimum Gasteiger partial charge on any atom is -0.372 e. The summed E-state index contributed by atoms with van der Waals surface area (Å²) in [6.07, 6.45) is 3.19. The van der Waals surface area contributed by atoms with Crippen LogP contribution < -0.4 is 4.90 Å². The summed E-state index contributed by atoms with van der Waals surface area (Å²) >= 11 is 0. The molecule has 2 heterocycles. The predicted molar refractivity (Wildman–Crippen MR) is 88.0 cm³/mol. The van der Waals surface area contributed by atoms with Crippen LogP contribution in [0.3, 0.4) is 0 Å². The Kier molecular flexibility index (Phi) is 3.93. The van der Waals surface area contributed by atoms with Gasteiger partial charge in [-0.3, -0.25) is 4.98 Å². The van der Waals surface area contributed by atoms with Gasteiger partial charge in [-0.2, -0.15) is 0 Å². The predicted octanol–water partition coefficient (Wildman–Crippen LogP) is 3.63. The van der Waals surface area contributed by atoms with Crippen LogP contribution in [0.4, 0.5) is 5.69 Å². The number of anilines is 1. The summed E-state index contributed by atoms with van der Waals surface area (Å²) in [5.74, 6) is 0. The lowest BCUT2D eigenvalue weighted by Crippen LogP contribution is -2.24. The van der Waals surface area contributed by atoms with Gasteiger partial charge in [0.1, 0.15) is 0 Å². The summed E-state index contributed by atoms with van der Waals surface area (Å²) in [6, 6.07) is 8.40.